The van der Waals surface area contributed by atoms with Crippen molar-refractivity contribution in [2.24, 2.45) is 9.98 Å². The summed E-state index contributed by atoms with van der Waals surface area (Å²) in [6.45, 7) is 0. The van der Waals surface area contributed by atoms with Crippen LogP contribution in [0.4, 0.5) is 0 Å². The van der Waals surface area contributed by atoms with Crippen molar-refractivity contribution >= 4 is 11.7 Å². The molecule has 1 aliphatic heterocycles. The number of hydrogen-bond acceptors (Lipinski definition) is 4. The van der Waals surface area contributed by atoms with Crippen molar-refractivity contribution in [2.45, 2.75) is 11.6 Å². The zero-order chi connectivity index (χ0) is 38.2. The molecule has 268 valence electrons. The van der Waals surface area contributed by atoms with Crippen LogP contribution < -0.4 is 5.32 Å². The van der Waals surface area contributed by atoms with E-state index in [0.29, 0.717) is 11.4 Å². The van der Waals surface area contributed by atoms with Crippen molar-refractivity contribution in [3.8, 4) is 39.4 Å². The summed E-state index contributed by atoms with van der Waals surface area (Å²) < 4.78 is 0. The number of nitriles is 1. The van der Waals surface area contributed by atoms with Gasteiger partial charge in [0.2, 0.25) is 0 Å². The fourth-order valence-electron chi connectivity index (χ4n) is 8.58. The minimum absolute atomic E-state index is 0.334. The van der Waals surface area contributed by atoms with Gasteiger partial charge in [0.1, 0.15) is 12.0 Å². The van der Waals surface area contributed by atoms with Crippen LogP contribution in [0.25, 0.3) is 33.4 Å². The van der Waals surface area contributed by atoms with Gasteiger partial charge in [-0.3, -0.25) is 0 Å². The molecule has 10 rings (SSSR count). The molecule has 0 bridgehead atoms. The molecule has 0 aromatic heterocycles. The molecule has 0 saturated heterocycles. The van der Waals surface area contributed by atoms with E-state index in [-0.39, 0.29) is 6.17 Å². The maximum atomic E-state index is 9.75. The summed E-state index contributed by atoms with van der Waals surface area (Å²) in [5.74, 6) is 1.45. The van der Waals surface area contributed by atoms with Crippen LogP contribution in [0, 0.1) is 11.3 Å². The fourth-order valence-corrected chi connectivity index (χ4v) is 8.58. The van der Waals surface area contributed by atoms with Gasteiger partial charge in [-0.25, -0.2) is 9.98 Å². The van der Waals surface area contributed by atoms with E-state index in [9.17, 15) is 5.26 Å². The van der Waals surface area contributed by atoms with Gasteiger partial charge in [0, 0.05) is 11.1 Å². The van der Waals surface area contributed by atoms with E-state index >= 15 is 0 Å². The Morgan fingerprint density at radius 1 is 0.456 bits per heavy atom. The molecule has 0 spiro atoms. The smallest absolute Gasteiger partial charge is 0.159 e. The normalized spacial score (nSPS) is 15.0. The second-order valence-corrected chi connectivity index (χ2v) is 14.5. The van der Waals surface area contributed by atoms with Crippen molar-refractivity contribution in [1.82, 2.24) is 5.32 Å². The Balaban J connectivity index is 1.17. The third-order valence-electron chi connectivity index (χ3n) is 11.2. The second-order valence-electron chi connectivity index (χ2n) is 14.5. The van der Waals surface area contributed by atoms with Crippen LogP contribution in [-0.4, -0.2) is 11.7 Å². The van der Waals surface area contributed by atoms with Gasteiger partial charge in [0.05, 0.1) is 17.0 Å². The summed E-state index contributed by atoms with van der Waals surface area (Å²) >= 11 is 0. The standard InChI is InChI=1S/C53H36N4/c54-35-36-15-13-20-39(31-36)41-27-29-46-47-30-28-43(34-49(47)53(48(46)33-41,44-23-9-3-10-24-44)45-25-11-4-12-26-45)52-56-50(38-18-7-2-8-19-38)55-51(57-52)42-22-14-21-40(32-42)37-16-5-1-6-17-37/h1-34,50H,(H,55,56,57). The quantitative estimate of drug-likeness (QED) is 0.178. The molecular formula is C53H36N4. The first-order valence-electron chi connectivity index (χ1n) is 19.2. The monoisotopic (exact) mass is 728 g/mol. The fraction of sp³-hybridized carbons (Fsp3) is 0.0377. The molecule has 1 N–H and O–H groups in total. The lowest BCUT2D eigenvalue weighted by molar-refractivity contribution is 0.674. The molecule has 4 nitrogen and oxygen atoms in total. The Labute approximate surface area is 332 Å². The van der Waals surface area contributed by atoms with Crippen molar-refractivity contribution < 1.29 is 0 Å². The largest absolute Gasteiger partial charge is 0.344 e. The van der Waals surface area contributed by atoms with E-state index in [1.54, 1.807) is 0 Å². The summed E-state index contributed by atoms with van der Waals surface area (Å²) in [7, 11) is 0. The minimum Gasteiger partial charge on any atom is -0.344 e. The lowest BCUT2D eigenvalue weighted by Crippen LogP contribution is -2.34. The topological polar surface area (TPSA) is 60.5 Å². The third-order valence-corrected chi connectivity index (χ3v) is 11.2. The number of hydrogen-bond donors (Lipinski definition) is 1. The number of nitrogens with zero attached hydrogens (tertiary/aromatic N) is 3. The molecular weight excluding hydrogens is 693 g/mol. The Morgan fingerprint density at radius 2 is 0.965 bits per heavy atom. The Hall–Kier alpha value is -7.61. The van der Waals surface area contributed by atoms with Crippen molar-refractivity contribution in [3.63, 3.8) is 0 Å². The summed E-state index contributed by atoms with van der Waals surface area (Å²) in [4.78, 5) is 10.5. The Morgan fingerprint density at radius 3 is 1.61 bits per heavy atom. The number of nitrogens with one attached hydrogen (secondary N) is 1. The summed E-state index contributed by atoms with van der Waals surface area (Å²) in [6, 6.07) is 74.7. The maximum Gasteiger partial charge on any atom is 0.159 e. The first-order valence-corrected chi connectivity index (χ1v) is 19.2. The highest BCUT2D eigenvalue weighted by Gasteiger charge is 2.46. The number of amidine groups is 2. The lowest BCUT2D eigenvalue weighted by Gasteiger charge is -2.34. The van der Waals surface area contributed by atoms with Crippen LogP contribution in [-0.2, 0) is 5.41 Å². The molecule has 0 fully saturated rings. The first-order chi connectivity index (χ1) is 28.2. The predicted octanol–water partition coefficient (Wildman–Crippen LogP) is 11.8. The maximum absolute atomic E-state index is 9.75. The van der Waals surface area contributed by atoms with Gasteiger partial charge in [0.15, 0.2) is 5.84 Å². The molecule has 1 heterocycles. The Bertz CT molecular complexity index is 2830. The summed E-state index contributed by atoms with van der Waals surface area (Å²) in [6.07, 6.45) is -0.334. The molecule has 8 aromatic rings. The van der Waals surface area contributed by atoms with Crippen molar-refractivity contribution in [2.75, 3.05) is 0 Å². The molecule has 1 atom stereocenters. The van der Waals surface area contributed by atoms with Gasteiger partial charge < -0.3 is 5.32 Å². The van der Waals surface area contributed by atoms with Crippen LogP contribution in [0.15, 0.2) is 216 Å². The van der Waals surface area contributed by atoms with E-state index in [1.165, 1.54) is 33.4 Å². The lowest BCUT2D eigenvalue weighted by atomic mass is 9.67. The van der Waals surface area contributed by atoms with Crippen LogP contribution in [0.3, 0.4) is 0 Å². The average Bonchev–Trinajstić information content (AvgIpc) is 3.60. The SMILES string of the molecule is N#Cc1cccc(-c2ccc3c(c2)C(c2ccccc2)(c2ccccc2)c2cc(C4=NC(c5cccc(-c6ccccc6)c5)=NC(c5ccccc5)N4)ccc2-3)c1. The van der Waals surface area contributed by atoms with E-state index in [0.717, 1.165) is 44.8 Å². The second kappa shape index (κ2) is 14.2. The molecule has 0 radical (unpaired) electrons. The van der Waals surface area contributed by atoms with E-state index in [1.807, 2.05) is 30.3 Å². The van der Waals surface area contributed by atoms with Gasteiger partial charge in [0.25, 0.3) is 0 Å². The van der Waals surface area contributed by atoms with Gasteiger partial charge in [-0.15, -0.1) is 0 Å². The van der Waals surface area contributed by atoms with Crippen LogP contribution in [0.2, 0.25) is 0 Å². The van der Waals surface area contributed by atoms with Crippen LogP contribution in [0.5, 0.6) is 0 Å². The van der Waals surface area contributed by atoms with Gasteiger partial charge >= 0.3 is 0 Å². The molecule has 8 aromatic carbocycles. The van der Waals surface area contributed by atoms with Crippen molar-refractivity contribution in [3.05, 3.63) is 251 Å². The Kier molecular flexibility index (Phi) is 8.47. The molecule has 4 heteroatoms. The van der Waals surface area contributed by atoms with Gasteiger partial charge in [-0.2, -0.15) is 5.26 Å². The molecule has 57 heavy (non-hydrogen) atoms. The molecule has 1 aliphatic carbocycles. The third kappa shape index (κ3) is 5.94. The highest BCUT2D eigenvalue weighted by Crippen LogP contribution is 2.57. The summed E-state index contributed by atoms with van der Waals surface area (Å²) in [5, 5.41) is 13.5. The predicted molar refractivity (Wildman–Crippen MR) is 231 cm³/mol. The van der Waals surface area contributed by atoms with E-state index in [4.69, 9.17) is 9.98 Å². The number of rotatable bonds is 7. The van der Waals surface area contributed by atoms with Crippen LogP contribution in [0.1, 0.15) is 50.7 Å². The number of benzene rings is 8. The summed E-state index contributed by atoms with van der Waals surface area (Å²) in [5.41, 5.74) is 14.5. The molecule has 0 amide bonds. The van der Waals surface area contributed by atoms with Gasteiger partial charge in [-0.05, 0) is 91.5 Å². The number of aliphatic imine (C=N–C) groups is 2. The average molecular weight is 729 g/mol. The first kappa shape index (κ1) is 33.9. The zero-order valence-electron chi connectivity index (χ0n) is 31.0. The van der Waals surface area contributed by atoms with Crippen LogP contribution >= 0.6 is 0 Å². The van der Waals surface area contributed by atoms with Crippen molar-refractivity contribution in [1.29, 1.82) is 5.26 Å². The van der Waals surface area contributed by atoms with E-state index in [2.05, 4.69) is 187 Å². The van der Waals surface area contributed by atoms with Gasteiger partial charge in [-0.1, -0.05) is 176 Å². The minimum atomic E-state index is -0.638. The number of fused-ring (bicyclic) bond motifs is 3. The molecule has 0 saturated carbocycles. The van der Waals surface area contributed by atoms with E-state index < -0.39 is 5.41 Å². The highest BCUT2D eigenvalue weighted by atomic mass is 15.2. The zero-order valence-corrected chi connectivity index (χ0v) is 31.0. The molecule has 1 unspecified atom stereocenters. The highest BCUT2D eigenvalue weighted by molar-refractivity contribution is 6.13. The molecule has 2 aliphatic rings.